The molecule has 0 bridgehead atoms. The second-order valence-electron chi connectivity index (χ2n) is 2.74. The first-order chi connectivity index (χ1) is 5.39. The summed E-state index contributed by atoms with van der Waals surface area (Å²) in [6, 6.07) is 0. The van der Waals surface area contributed by atoms with Crippen molar-refractivity contribution in [1.82, 2.24) is 0 Å². The van der Waals surface area contributed by atoms with Crippen LogP contribution in [0.1, 0.15) is 66.7 Å². The molecule has 2 saturated carbocycles. The van der Waals surface area contributed by atoms with Crippen LogP contribution in [0, 0.1) is 5.92 Å². The van der Waals surface area contributed by atoms with Crippen LogP contribution in [0.25, 0.3) is 0 Å². The minimum Gasteiger partial charge on any atom is -0.0683 e. The third-order valence-electron chi connectivity index (χ3n) is 1.22. The highest BCUT2D eigenvalue weighted by molar-refractivity contribution is 4.65. The summed E-state index contributed by atoms with van der Waals surface area (Å²) in [7, 11) is 0. The molecule has 0 aromatic carbocycles. The first kappa shape index (κ1) is 13.6. The maximum atomic E-state index is 2.28. The lowest BCUT2D eigenvalue weighted by Gasteiger charge is -1.53. The van der Waals surface area contributed by atoms with Crippen molar-refractivity contribution in [3.05, 3.63) is 0 Å². The van der Waals surface area contributed by atoms with E-state index in [1.54, 1.807) is 0 Å². The summed E-state index contributed by atoms with van der Waals surface area (Å²) in [4.78, 5) is 0. The normalized spacial score (nSPS) is 17.2. The molecule has 0 aromatic heterocycles. The van der Waals surface area contributed by atoms with Crippen LogP contribution in [0.4, 0.5) is 0 Å². The highest BCUT2D eigenvalue weighted by Gasteiger charge is 2.12. The van der Waals surface area contributed by atoms with Crippen LogP contribution < -0.4 is 0 Å². The SMILES string of the molecule is C1CC1.CC.CC.CC1CC1. The zero-order valence-corrected chi connectivity index (χ0v) is 9.11. The van der Waals surface area contributed by atoms with Crippen molar-refractivity contribution in [3.8, 4) is 0 Å². The van der Waals surface area contributed by atoms with Crippen LogP contribution in [0.3, 0.4) is 0 Å². The third kappa shape index (κ3) is 40.0. The minimum atomic E-state index is 1.08. The first-order valence-electron chi connectivity index (χ1n) is 5.39. The molecule has 0 N–H and O–H groups in total. The Morgan fingerprint density at radius 3 is 0.909 bits per heavy atom. The van der Waals surface area contributed by atoms with Crippen molar-refractivity contribution >= 4 is 0 Å². The molecule has 0 heteroatoms. The fraction of sp³-hybridized carbons (Fsp3) is 1.00. The molecule has 0 saturated heterocycles. The largest absolute Gasteiger partial charge is 0.0683 e. The lowest BCUT2D eigenvalue weighted by atomic mass is 10.5. The summed E-state index contributed by atoms with van der Waals surface area (Å²) in [6.07, 6.45) is 7.47. The minimum absolute atomic E-state index is 1.08. The topological polar surface area (TPSA) is 0 Å². The monoisotopic (exact) mass is 158 g/mol. The van der Waals surface area contributed by atoms with Gasteiger partial charge in [-0.2, -0.15) is 0 Å². The summed E-state index contributed by atoms with van der Waals surface area (Å²) in [5.41, 5.74) is 0. The zero-order valence-electron chi connectivity index (χ0n) is 9.11. The predicted octanol–water partition coefficient (Wildman–Crippen LogP) is 4.64. The van der Waals surface area contributed by atoms with E-state index in [1.165, 1.54) is 32.1 Å². The Kier molecular flexibility index (Phi) is 15.6. The van der Waals surface area contributed by atoms with Gasteiger partial charge in [-0.1, -0.05) is 66.7 Å². The zero-order chi connectivity index (χ0) is 9.11. The molecule has 0 unspecified atom stereocenters. The van der Waals surface area contributed by atoms with E-state index in [-0.39, 0.29) is 0 Å². The molecule has 0 heterocycles. The fourth-order valence-electron chi connectivity index (χ4n) is 0.167. The van der Waals surface area contributed by atoms with E-state index in [4.69, 9.17) is 0 Å². The van der Waals surface area contributed by atoms with E-state index in [0.717, 1.165) is 5.92 Å². The number of rotatable bonds is 0. The molecule has 11 heavy (non-hydrogen) atoms. The van der Waals surface area contributed by atoms with Gasteiger partial charge < -0.3 is 0 Å². The van der Waals surface area contributed by atoms with E-state index >= 15 is 0 Å². The lowest BCUT2D eigenvalue weighted by Crippen LogP contribution is -1.42. The predicted molar refractivity (Wildman–Crippen MR) is 54.9 cm³/mol. The second-order valence-corrected chi connectivity index (χ2v) is 2.74. The summed E-state index contributed by atoms with van der Waals surface area (Å²) >= 11 is 0. The van der Waals surface area contributed by atoms with Crippen LogP contribution >= 0.6 is 0 Å². The smallest absolute Gasteiger partial charge is 0.0443 e. The van der Waals surface area contributed by atoms with Gasteiger partial charge in [0.2, 0.25) is 0 Å². The highest BCUT2D eigenvalue weighted by Crippen LogP contribution is 2.26. The Morgan fingerprint density at radius 2 is 0.909 bits per heavy atom. The van der Waals surface area contributed by atoms with Crippen molar-refractivity contribution in [3.63, 3.8) is 0 Å². The quantitative estimate of drug-likeness (QED) is 0.482. The Labute approximate surface area is 73.4 Å². The molecule has 0 nitrogen and oxygen atoms in total. The van der Waals surface area contributed by atoms with Crippen LogP contribution in [-0.4, -0.2) is 0 Å². The van der Waals surface area contributed by atoms with E-state index in [2.05, 4.69) is 6.92 Å². The average Bonchev–Trinajstić information content (AvgIpc) is 2.91. The van der Waals surface area contributed by atoms with Crippen LogP contribution in [0.2, 0.25) is 0 Å². The van der Waals surface area contributed by atoms with Crippen molar-refractivity contribution in [2.24, 2.45) is 5.92 Å². The summed E-state index contributed by atoms with van der Waals surface area (Å²) < 4.78 is 0. The third-order valence-corrected chi connectivity index (χ3v) is 1.22. The van der Waals surface area contributed by atoms with Gasteiger partial charge in [0.15, 0.2) is 0 Å². The van der Waals surface area contributed by atoms with Gasteiger partial charge in [-0.3, -0.25) is 0 Å². The van der Waals surface area contributed by atoms with Gasteiger partial charge in [-0.15, -0.1) is 0 Å². The Bertz CT molecular complexity index is 39.2. The highest BCUT2D eigenvalue weighted by atomic mass is 14.2. The molecule has 2 aliphatic carbocycles. The molecule has 70 valence electrons. The molecule has 2 fully saturated rings. The van der Waals surface area contributed by atoms with Crippen LogP contribution in [0.15, 0.2) is 0 Å². The molecule has 0 amide bonds. The Balaban J connectivity index is 0. The first-order valence-corrected chi connectivity index (χ1v) is 5.39. The van der Waals surface area contributed by atoms with Crippen LogP contribution in [0.5, 0.6) is 0 Å². The molecule has 0 aromatic rings. The number of hydrogen-bond donors (Lipinski definition) is 0. The van der Waals surface area contributed by atoms with Gasteiger partial charge in [-0.05, 0) is 5.92 Å². The fourth-order valence-corrected chi connectivity index (χ4v) is 0.167. The summed E-state index contributed by atoms with van der Waals surface area (Å²) in [6.45, 7) is 10.3. The molecular weight excluding hydrogens is 132 g/mol. The molecular formula is C11H26. The number of hydrogen-bond acceptors (Lipinski definition) is 0. The van der Waals surface area contributed by atoms with E-state index in [0.29, 0.717) is 0 Å². The molecule has 0 radical (unpaired) electrons. The second kappa shape index (κ2) is 12.7. The van der Waals surface area contributed by atoms with Crippen molar-refractivity contribution in [2.75, 3.05) is 0 Å². The standard InChI is InChI=1S/C4H8.C3H6.2C2H6/c1-4-2-3-4;1-2-3-1;2*1-2/h4H,2-3H2,1H3;1-3H2;2*1-2H3. The van der Waals surface area contributed by atoms with E-state index in [9.17, 15) is 0 Å². The van der Waals surface area contributed by atoms with Crippen molar-refractivity contribution < 1.29 is 0 Å². The van der Waals surface area contributed by atoms with E-state index in [1.807, 2.05) is 27.7 Å². The molecule has 0 atom stereocenters. The maximum absolute atomic E-state index is 2.28. The van der Waals surface area contributed by atoms with Gasteiger partial charge in [0, 0.05) is 0 Å². The Morgan fingerprint density at radius 1 is 0.727 bits per heavy atom. The molecule has 0 spiro atoms. The van der Waals surface area contributed by atoms with Crippen LogP contribution in [-0.2, 0) is 0 Å². The maximum Gasteiger partial charge on any atom is -0.0443 e. The molecule has 0 aliphatic heterocycles. The summed E-state index contributed by atoms with van der Waals surface area (Å²) in [5, 5.41) is 0. The van der Waals surface area contributed by atoms with Gasteiger partial charge >= 0.3 is 0 Å². The van der Waals surface area contributed by atoms with Crippen molar-refractivity contribution in [1.29, 1.82) is 0 Å². The lowest BCUT2D eigenvalue weighted by molar-refractivity contribution is 0.983. The summed E-state index contributed by atoms with van der Waals surface area (Å²) in [5.74, 6) is 1.08. The van der Waals surface area contributed by atoms with Gasteiger partial charge in [0.05, 0.1) is 0 Å². The molecule has 2 aliphatic rings. The average molecular weight is 158 g/mol. The van der Waals surface area contributed by atoms with Gasteiger partial charge in [0.1, 0.15) is 0 Å². The van der Waals surface area contributed by atoms with Gasteiger partial charge in [-0.25, -0.2) is 0 Å². The van der Waals surface area contributed by atoms with Crippen molar-refractivity contribution in [2.45, 2.75) is 66.7 Å². The van der Waals surface area contributed by atoms with Gasteiger partial charge in [0.25, 0.3) is 0 Å². The molecule has 2 rings (SSSR count). The van der Waals surface area contributed by atoms with E-state index < -0.39 is 0 Å². The Hall–Kier alpha value is 0.